The van der Waals surface area contributed by atoms with Crippen molar-refractivity contribution in [2.75, 3.05) is 13.1 Å². The smallest absolute Gasteiger partial charge is 0.224 e. The van der Waals surface area contributed by atoms with Gasteiger partial charge in [0.1, 0.15) is 0 Å². The first kappa shape index (κ1) is 24.1. The number of carbonyl (C=O) groups is 1. The van der Waals surface area contributed by atoms with Crippen molar-refractivity contribution in [3.8, 4) is 0 Å². The summed E-state index contributed by atoms with van der Waals surface area (Å²) in [6, 6.07) is 12.9. The molecule has 5 nitrogen and oxygen atoms in total. The second-order valence-corrected chi connectivity index (χ2v) is 10.8. The van der Waals surface area contributed by atoms with E-state index in [0.717, 1.165) is 17.5 Å². The zero-order valence-corrected chi connectivity index (χ0v) is 20.1. The zero-order valence-electron chi connectivity index (χ0n) is 17.8. The lowest BCUT2D eigenvalue weighted by Crippen LogP contribution is -2.46. The van der Waals surface area contributed by atoms with Gasteiger partial charge < -0.3 is 5.32 Å². The van der Waals surface area contributed by atoms with E-state index in [1.165, 1.54) is 4.31 Å². The number of hydrogen-bond acceptors (Lipinski definition) is 3. The Bertz CT molecular complexity index is 1010. The second kappa shape index (κ2) is 10.3. The van der Waals surface area contributed by atoms with Gasteiger partial charge in [-0.25, -0.2) is 12.7 Å². The Balaban J connectivity index is 1.69. The van der Waals surface area contributed by atoms with E-state index in [4.69, 9.17) is 23.2 Å². The number of amides is 1. The Morgan fingerprint density at radius 1 is 1.16 bits per heavy atom. The van der Waals surface area contributed by atoms with Gasteiger partial charge in [-0.2, -0.15) is 0 Å². The van der Waals surface area contributed by atoms with E-state index >= 15 is 0 Å². The molecular weight excluding hydrogens is 455 g/mol. The third-order valence-electron chi connectivity index (χ3n) is 5.74. The average Bonchev–Trinajstić information content (AvgIpc) is 2.75. The summed E-state index contributed by atoms with van der Waals surface area (Å²) in [4.78, 5) is 13.0. The average molecular weight is 483 g/mol. The molecule has 1 amide bonds. The van der Waals surface area contributed by atoms with Crippen LogP contribution in [0, 0.1) is 12.8 Å². The number of nitrogens with one attached hydrogen (secondary N) is 1. The molecule has 0 aromatic heterocycles. The first-order chi connectivity index (χ1) is 14.7. The quantitative estimate of drug-likeness (QED) is 0.595. The predicted molar refractivity (Wildman–Crippen MR) is 126 cm³/mol. The lowest BCUT2D eigenvalue weighted by Gasteiger charge is -2.32. The molecule has 1 fully saturated rings. The second-order valence-electron chi connectivity index (χ2n) is 8.03. The number of nitrogens with zero attached hydrogens (tertiary/aromatic N) is 1. The van der Waals surface area contributed by atoms with Gasteiger partial charge in [-0.15, -0.1) is 0 Å². The third kappa shape index (κ3) is 6.01. The van der Waals surface area contributed by atoms with Crippen LogP contribution in [0.4, 0.5) is 0 Å². The summed E-state index contributed by atoms with van der Waals surface area (Å²) in [5, 5.41) is 3.76. The number of hydrogen-bond donors (Lipinski definition) is 1. The van der Waals surface area contributed by atoms with Crippen molar-refractivity contribution in [3.63, 3.8) is 0 Å². The van der Waals surface area contributed by atoms with Gasteiger partial charge in [0.25, 0.3) is 0 Å². The van der Waals surface area contributed by atoms with Gasteiger partial charge in [0.05, 0.1) is 17.7 Å². The van der Waals surface area contributed by atoms with Crippen LogP contribution in [0.3, 0.4) is 0 Å². The lowest BCUT2D eigenvalue weighted by atomic mass is 9.97. The topological polar surface area (TPSA) is 66.5 Å². The number of aryl methyl sites for hydroxylation is 1. The van der Waals surface area contributed by atoms with Crippen molar-refractivity contribution in [2.24, 2.45) is 5.92 Å². The summed E-state index contributed by atoms with van der Waals surface area (Å²) >= 11 is 12.3. The Morgan fingerprint density at radius 2 is 1.81 bits per heavy atom. The standard InChI is InChI=1S/C23H28Cl2N2O3S/c1-3-22(17-11-9-16(2)10-12-17)26-23(28)18-6-5-13-27(14-18)31(29,30)15-19-20(24)7-4-8-21(19)25/h4,7-12,18,22H,3,5-6,13-15H2,1-2H3,(H,26,28). The maximum atomic E-state index is 13.0. The maximum Gasteiger partial charge on any atom is 0.224 e. The summed E-state index contributed by atoms with van der Waals surface area (Å²) in [5.41, 5.74) is 2.61. The molecule has 2 aromatic carbocycles. The van der Waals surface area contributed by atoms with Crippen molar-refractivity contribution in [2.45, 2.75) is 44.9 Å². The fraction of sp³-hybridized carbons (Fsp3) is 0.435. The van der Waals surface area contributed by atoms with Gasteiger partial charge in [-0.05, 0) is 43.9 Å². The van der Waals surface area contributed by atoms with Crippen molar-refractivity contribution < 1.29 is 13.2 Å². The van der Waals surface area contributed by atoms with Crippen molar-refractivity contribution in [1.82, 2.24) is 9.62 Å². The van der Waals surface area contributed by atoms with Gasteiger partial charge >= 0.3 is 0 Å². The minimum Gasteiger partial charge on any atom is -0.349 e. The van der Waals surface area contributed by atoms with Gasteiger partial charge in [0.15, 0.2) is 0 Å². The van der Waals surface area contributed by atoms with E-state index in [1.54, 1.807) is 18.2 Å². The van der Waals surface area contributed by atoms with Crippen LogP contribution < -0.4 is 5.32 Å². The molecular formula is C23H28Cl2N2O3S. The first-order valence-electron chi connectivity index (χ1n) is 10.5. The highest BCUT2D eigenvalue weighted by molar-refractivity contribution is 7.88. The van der Waals surface area contributed by atoms with Crippen LogP contribution in [0.25, 0.3) is 0 Å². The summed E-state index contributed by atoms with van der Waals surface area (Å²) in [5.74, 6) is -0.770. The van der Waals surface area contributed by atoms with E-state index in [2.05, 4.69) is 5.32 Å². The maximum absolute atomic E-state index is 13.0. The molecule has 0 spiro atoms. The molecule has 0 radical (unpaired) electrons. The van der Waals surface area contributed by atoms with E-state index in [1.807, 2.05) is 38.1 Å². The number of halogens is 2. The minimum absolute atomic E-state index is 0.0954. The Hall–Kier alpha value is -1.60. The number of benzene rings is 2. The van der Waals surface area contributed by atoms with Crippen molar-refractivity contribution in [3.05, 3.63) is 69.2 Å². The Labute approximate surface area is 194 Å². The van der Waals surface area contributed by atoms with Gasteiger partial charge in [0, 0.05) is 28.7 Å². The van der Waals surface area contributed by atoms with E-state index < -0.39 is 10.0 Å². The molecule has 3 rings (SSSR count). The third-order valence-corrected chi connectivity index (χ3v) is 8.22. The zero-order chi connectivity index (χ0) is 22.6. The minimum atomic E-state index is -3.65. The molecule has 0 saturated carbocycles. The predicted octanol–water partition coefficient (Wildman–Crippen LogP) is 5.11. The number of carbonyl (C=O) groups excluding carboxylic acids is 1. The van der Waals surface area contributed by atoms with Crippen LogP contribution >= 0.6 is 23.2 Å². The molecule has 8 heteroatoms. The summed E-state index contributed by atoms with van der Waals surface area (Å²) in [6.07, 6.45) is 2.05. The first-order valence-corrected chi connectivity index (χ1v) is 12.9. The molecule has 1 aliphatic rings. The molecule has 0 bridgehead atoms. The van der Waals surface area contributed by atoms with Crippen LogP contribution in [-0.2, 0) is 20.6 Å². The van der Waals surface area contributed by atoms with Gasteiger partial charge in [-0.3, -0.25) is 4.79 Å². The van der Waals surface area contributed by atoms with E-state index in [0.29, 0.717) is 35.0 Å². The molecule has 1 aliphatic heterocycles. The highest BCUT2D eigenvalue weighted by atomic mass is 35.5. The molecule has 2 atom stereocenters. The van der Waals surface area contributed by atoms with Gasteiger partial charge in [-0.1, -0.05) is 66.0 Å². The van der Waals surface area contributed by atoms with Crippen LogP contribution in [0.15, 0.2) is 42.5 Å². The molecule has 168 valence electrons. The molecule has 1 N–H and O–H groups in total. The molecule has 1 saturated heterocycles. The molecule has 1 heterocycles. The molecule has 2 unspecified atom stereocenters. The fourth-order valence-electron chi connectivity index (χ4n) is 3.86. The van der Waals surface area contributed by atoms with E-state index in [-0.39, 0.29) is 30.2 Å². The largest absolute Gasteiger partial charge is 0.349 e. The normalized spacial score (nSPS) is 18.5. The Kier molecular flexibility index (Phi) is 8.03. The van der Waals surface area contributed by atoms with E-state index in [9.17, 15) is 13.2 Å². The van der Waals surface area contributed by atoms with Crippen LogP contribution in [0.2, 0.25) is 10.0 Å². The van der Waals surface area contributed by atoms with Crippen LogP contribution in [-0.4, -0.2) is 31.7 Å². The Morgan fingerprint density at radius 3 is 2.42 bits per heavy atom. The monoisotopic (exact) mass is 482 g/mol. The SMILES string of the molecule is CCC(NC(=O)C1CCCN(S(=O)(=O)Cc2c(Cl)cccc2Cl)C1)c1ccc(C)cc1. The fourth-order valence-corrected chi connectivity index (χ4v) is 6.22. The summed E-state index contributed by atoms with van der Waals surface area (Å²) in [7, 11) is -3.65. The number of piperidine rings is 1. The molecule has 31 heavy (non-hydrogen) atoms. The molecule has 0 aliphatic carbocycles. The van der Waals surface area contributed by atoms with Crippen molar-refractivity contribution in [1.29, 1.82) is 0 Å². The lowest BCUT2D eigenvalue weighted by molar-refractivity contribution is -0.126. The van der Waals surface area contributed by atoms with Crippen LogP contribution in [0.1, 0.15) is 48.9 Å². The molecule has 2 aromatic rings. The number of rotatable bonds is 7. The highest BCUT2D eigenvalue weighted by Gasteiger charge is 2.33. The number of sulfonamides is 1. The highest BCUT2D eigenvalue weighted by Crippen LogP contribution is 2.29. The summed E-state index contributed by atoms with van der Waals surface area (Å²) < 4.78 is 27.5. The van der Waals surface area contributed by atoms with Gasteiger partial charge in [0.2, 0.25) is 15.9 Å². The summed E-state index contributed by atoms with van der Waals surface area (Å²) in [6.45, 7) is 4.61. The van der Waals surface area contributed by atoms with Crippen molar-refractivity contribution >= 4 is 39.1 Å². The van der Waals surface area contributed by atoms with Crippen LogP contribution in [0.5, 0.6) is 0 Å².